The number of nitrogens with one attached hydrogen (secondary N) is 2. The van der Waals surface area contributed by atoms with Gasteiger partial charge in [0.2, 0.25) is 0 Å². The normalized spacial score (nSPS) is 13.0. The van der Waals surface area contributed by atoms with E-state index in [0.29, 0.717) is 0 Å². The molecule has 8 heteroatoms. The second-order valence-corrected chi connectivity index (χ2v) is 8.75. The van der Waals surface area contributed by atoms with Gasteiger partial charge in [0, 0.05) is 18.7 Å². The Bertz CT molecular complexity index is 1210. The lowest BCUT2D eigenvalue weighted by Crippen LogP contribution is -2.36. The van der Waals surface area contributed by atoms with E-state index in [1.54, 1.807) is 26.0 Å². The second kappa shape index (κ2) is 10.4. The molecule has 1 heterocycles. The van der Waals surface area contributed by atoms with Crippen LogP contribution in [0.4, 0.5) is 10.5 Å². The van der Waals surface area contributed by atoms with E-state index >= 15 is 0 Å². The number of carbonyl (C=O) groups is 3. The summed E-state index contributed by atoms with van der Waals surface area (Å²) in [5.41, 5.74) is 4.61. The van der Waals surface area contributed by atoms with Crippen LogP contribution in [-0.4, -0.2) is 41.2 Å². The van der Waals surface area contributed by atoms with Crippen molar-refractivity contribution < 1.29 is 24.2 Å². The Balaban J connectivity index is 1.42. The highest BCUT2D eigenvalue weighted by Gasteiger charge is 2.29. The molecule has 0 saturated carbocycles. The minimum Gasteiger partial charge on any atom is -0.481 e. The number of anilines is 1. The van der Waals surface area contributed by atoms with Crippen LogP contribution in [0.15, 0.2) is 66.9 Å². The Labute approximate surface area is 203 Å². The van der Waals surface area contributed by atoms with Gasteiger partial charge >= 0.3 is 12.1 Å². The second-order valence-electron chi connectivity index (χ2n) is 8.75. The van der Waals surface area contributed by atoms with Crippen LogP contribution in [-0.2, 0) is 9.53 Å². The fraction of sp³-hybridized carbons (Fsp3) is 0.259. The molecule has 0 bridgehead atoms. The van der Waals surface area contributed by atoms with Crippen LogP contribution in [0.3, 0.4) is 0 Å². The summed E-state index contributed by atoms with van der Waals surface area (Å²) in [7, 11) is 0. The smallest absolute Gasteiger partial charge is 0.411 e. The number of rotatable bonds is 8. The van der Waals surface area contributed by atoms with Gasteiger partial charge in [-0.15, -0.1) is 0 Å². The highest BCUT2D eigenvalue weighted by atomic mass is 16.5. The van der Waals surface area contributed by atoms with Crippen LogP contribution in [0.2, 0.25) is 0 Å². The van der Waals surface area contributed by atoms with Crippen LogP contribution in [0.25, 0.3) is 11.1 Å². The number of benzene rings is 2. The van der Waals surface area contributed by atoms with Crippen molar-refractivity contribution in [3.05, 3.63) is 83.7 Å². The van der Waals surface area contributed by atoms with Gasteiger partial charge in [-0.25, -0.2) is 9.78 Å². The van der Waals surface area contributed by atoms with E-state index in [9.17, 15) is 19.5 Å². The summed E-state index contributed by atoms with van der Waals surface area (Å²) in [5, 5.41) is 14.5. The highest BCUT2D eigenvalue weighted by Crippen LogP contribution is 2.44. The molecular weight excluding hydrogens is 446 g/mol. The maximum absolute atomic E-state index is 12.7. The number of nitrogens with zero attached hydrogens (tertiary/aromatic N) is 1. The molecule has 2 amide bonds. The van der Waals surface area contributed by atoms with E-state index in [2.05, 4.69) is 27.8 Å². The zero-order valence-electron chi connectivity index (χ0n) is 19.5. The third-order valence-electron chi connectivity index (χ3n) is 6.21. The lowest BCUT2D eigenvalue weighted by molar-refractivity contribution is -0.142. The van der Waals surface area contributed by atoms with Gasteiger partial charge in [-0.05, 0) is 40.3 Å². The van der Waals surface area contributed by atoms with Crippen molar-refractivity contribution in [2.75, 3.05) is 18.5 Å². The van der Waals surface area contributed by atoms with Crippen molar-refractivity contribution in [2.24, 2.45) is 11.8 Å². The van der Waals surface area contributed by atoms with Crippen LogP contribution < -0.4 is 10.6 Å². The first-order valence-electron chi connectivity index (χ1n) is 11.4. The van der Waals surface area contributed by atoms with Crippen molar-refractivity contribution in [1.82, 2.24) is 10.3 Å². The monoisotopic (exact) mass is 473 g/mol. The van der Waals surface area contributed by atoms with E-state index in [1.165, 1.54) is 6.20 Å². The molecule has 3 aromatic rings. The fourth-order valence-electron chi connectivity index (χ4n) is 4.33. The maximum Gasteiger partial charge on any atom is 0.411 e. The number of amides is 2. The average Bonchev–Trinajstić information content (AvgIpc) is 3.16. The molecule has 4 rings (SSSR count). The molecule has 2 aromatic carbocycles. The lowest BCUT2D eigenvalue weighted by atomic mass is 9.96. The Morgan fingerprint density at radius 2 is 1.60 bits per heavy atom. The summed E-state index contributed by atoms with van der Waals surface area (Å²) in [4.78, 5) is 40.8. The first-order valence-corrected chi connectivity index (χ1v) is 11.4. The van der Waals surface area contributed by atoms with Crippen molar-refractivity contribution in [3.63, 3.8) is 0 Å². The molecule has 3 N–H and O–H groups in total. The molecule has 0 spiro atoms. The highest BCUT2D eigenvalue weighted by molar-refractivity contribution is 6.01. The molecule has 1 aromatic heterocycles. The number of hydrogen-bond donors (Lipinski definition) is 3. The first-order chi connectivity index (χ1) is 16.9. The summed E-state index contributed by atoms with van der Waals surface area (Å²) in [5.74, 6) is -2.55. The van der Waals surface area contributed by atoms with Crippen molar-refractivity contribution in [1.29, 1.82) is 0 Å². The molecule has 8 nitrogen and oxygen atoms in total. The van der Waals surface area contributed by atoms with Gasteiger partial charge in [0.25, 0.3) is 5.91 Å². The summed E-state index contributed by atoms with van der Waals surface area (Å²) in [6.45, 7) is 3.63. The van der Waals surface area contributed by atoms with E-state index in [0.717, 1.165) is 22.3 Å². The number of carboxylic acid groups (broad SMARTS) is 1. The predicted molar refractivity (Wildman–Crippen MR) is 131 cm³/mol. The minimum atomic E-state index is -0.988. The van der Waals surface area contributed by atoms with Crippen LogP contribution in [0.1, 0.15) is 41.4 Å². The summed E-state index contributed by atoms with van der Waals surface area (Å²) in [6.07, 6.45) is 0.717. The lowest BCUT2D eigenvalue weighted by Gasteiger charge is -2.17. The molecule has 35 heavy (non-hydrogen) atoms. The zero-order valence-corrected chi connectivity index (χ0v) is 19.5. The molecule has 1 aliphatic carbocycles. The Morgan fingerprint density at radius 1 is 0.971 bits per heavy atom. The molecule has 1 aliphatic rings. The maximum atomic E-state index is 12.7. The summed E-state index contributed by atoms with van der Waals surface area (Å²) >= 11 is 0. The van der Waals surface area contributed by atoms with Gasteiger partial charge in [-0.2, -0.15) is 0 Å². The predicted octanol–water partition coefficient (Wildman–Crippen LogP) is 4.53. The quantitative estimate of drug-likeness (QED) is 0.442. The molecule has 0 saturated heterocycles. The molecular formula is C27H27N3O5. The number of pyridine rings is 1. The average molecular weight is 474 g/mol. The van der Waals surface area contributed by atoms with Crippen molar-refractivity contribution in [2.45, 2.75) is 19.8 Å². The van der Waals surface area contributed by atoms with Crippen LogP contribution in [0.5, 0.6) is 0 Å². The van der Waals surface area contributed by atoms with E-state index in [-0.39, 0.29) is 36.4 Å². The van der Waals surface area contributed by atoms with Gasteiger partial charge in [0.1, 0.15) is 6.61 Å². The third kappa shape index (κ3) is 5.16. The van der Waals surface area contributed by atoms with Gasteiger partial charge in [-0.1, -0.05) is 62.4 Å². The van der Waals surface area contributed by atoms with E-state index in [4.69, 9.17) is 4.74 Å². The van der Waals surface area contributed by atoms with E-state index < -0.39 is 23.9 Å². The first kappa shape index (κ1) is 23.9. The molecule has 0 fully saturated rings. The largest absolute Gasteiger partial charge is 0.481 e. The van der Waals surface area contributed by atoms with Gasteiger partial charge in [0.15, 0.2) is 5.69 Å². The summed E-state index contributed by atoms with van der Waals surface area (Å²) < 4.78 is 5.55. The van der Waals surface area contributed by atoms with Gasteiger partial charge < -0.3 is 15.2 Å². The number of ether oxygens (including phenoxy) is 1. The standard InChI is InChI=1S/C27H27N3O5/c1-16(2)21(26(32)33)14-29-25(31)24-23(12-7-13-28-24)30-27(34)35-15-22-19-10-5-3-8-17(19)18-9-4-6-11-20(18)22/h3-13,16,21-22H,14-15H2,1-2H3,(H,29,31)(H,30,34)(H,32,33). The Morgan fingerprint density at radius 3 is 2.20 bits per heavy atom. The number of fused-ring (bicyclic) bond motifs is 3. The minimum absolute atomic E-state index is 0.0195. The number of carboxylic acids is 1. The Kier molecular flexibility index (Phi) is 7.10. The molecule has 1 unspecified atom stereocenters. The molecule has 0 radical (unpaired) electrons. The number of hydrogen-bond acceptors (Lipinski definition) is 5. The van der Waals surface area contributed by atoms with Gasteiger partial charge in [-0.3, -0.25) is 14.9 Å². The number of carbonyl (C=O) groups excluding carboxylic acids is 2. The van der Waals surface area contributed by atoms with Crippen LogP contribution >= 0.6 is 0 Å². The summed E-state index contributed by atoms with van der Waals surface area (Å²) in [6, 6.07) is 19.2. The molecule has 1 atom stereocenters. The van der Waals surface area contributed by atoms with E-state index in [1.807, 2.05) is 36.4 Å². The zero-order chi connectivity index (χ0) is 24.9. The fourth-order valence-corrected chi connectivity index (χ4v) is 4.33. The third-order valence-corrected chi connectivity index (χ3v) is 6.21. The number of aliphatic carboxylic acids is 1. The van der Waals surface area contributed by atoms with Crippen molar-refractivity contribution in [3.8, 4) is 11.1 Å². The van der Waals surface area contributed by atoms with Crippen molar-refractivity contribution >= 4 is 23.7 Å². The molecule has 0 aliphatic heterocycles. The topological polar surface area (TPSA) is 118 Å². The van der Waals surface area contributed by atoms with Crippen LogP contribution in [0, 0.1) is 11.8 Å². The molecule has 180 valence electrons. The Hall–Kier alpha value is -4.20. The number of aromatic nitrogens is 1. The SMILES string of the molecule is CC(C)C(CNC(=O)c1ncccc1NC(=O)OCC1c2ccccc2-c2ccccc21)C(=O)O. The van der Waals surface area contributed by atoms with Gasteiger partial charge in [0.05, 0.1) is 11.6 Å².